The molecule has 1 atom stereocenters. The van der Waals surface area contributed by atoms with Gasteiger partial charge in [0.15, 0.2) is 0 Å². The summed E-state index contributed by atoms with van der Waals surface area (Å²) >= 11 is 0. The number of nitrogens with zero attached hydrogens (tertiary/aromatic N) is 1. The van der Waals surface area contributed by atoms with Crippen LogP contribution in [0.3, 0.4) is 0 Å². The average molecular weight is 186 g/mol. The van der Waals surface area contributed by atoms with E-state index in [0.717, 1.165) is 12.8 Å². The van der Waals surface area contributed by atoms with Crippen molar-refractivity contribution in [1.29, 1.82) is 0 Å². The van der Waals surface area contributed by atoms with Gasteiger partial charge in [-0.1, -0.05) is 0 Å². The van der Waals surface area contributed by atoms with Gasteiger partial charge in [0.05, 0.1) is 6.04 Å². The van der Waals surface area contributed by atoms with E-state index in [1.807, 2.05) is 7.05 Å². The molecule has 1 aliphatic carbocycles. The quantitative estimate of drug-likeness (QED) is 0.656. The van der Waals surface area contributed by atoms with E-state index in [4.69, 9.17) is 10.5 Å². The average Bonchev–Trinajstić information content (AvgIpc) is 2.94. The Hall–Kier alpha value is -0.610. The summed E-state index contributed by atoms with van der Waals surface area (Å²) in [5.41, 5.74) is 5.70. The molecule has 1 unspecified atom stereocenters. The van der Waals surface area contributed by atoms with Crippen LogP contribution in [0.25, 0.3) is 0 Å². The van der Waals surface area contributed by atoms with Gasteiger partial charge in [0.1, 0.15) is 0 Å². The number of ether oxygens (including phenoxy) is 1. The third kappa shape index (κ3) is 2.97. The Morgan fingerprint density at radius 3 is 2.77 bits per heavy atom. The number of likely N-dealkylation sites (N-methyl/N-ethyl adjacent to an activating group) is 1. The standard InChI is InChI=1S/C9H18N2O2/c1-11(7-3-4-7)9(12)8(10)5-6-13-2/h7-8H,3-6,10H2,1-2H3. The van der Waals surface area contributed by atoms with Gasteiger partial charge in [-0.05, 0) is 19.3 Å². The van der Waals surface area contributed by atoms with Crippen LogP contribution in [-0.2, 0) is 9.53 Å². The molecule has 0 heterocycles. The largest absolute Gasteiger partial charge is 0.385 e. The van der Waals surface area contributed by atoms with Crippen LogP contribution in [0.5, 0.6) is 0 Å². The number of hydrogen-bond donors (Lipinski definition) is 1. The second-order valence-electron chi connectivity index (χ2n) is 3.57. The summed E-state index contributed by atoms with van der Waals surface area (Å²) in [5.74, 6) is 0.0413. The molecule has 0 radical (unpaired) electrons. The van der Waals surface area contributed by atoms with Gasteiger partial charge in [-0.2, -0.15) is 0 Å². The SMILES string of the molecule is COCCC(N)C(=O)N(C)C1CC1. The molecule has 0 aliphatic heterocycles. The van der Waals surface area contributed by atoms with E-state index in [-0.39, 0.29) is 5.91 Å². The topological polar surface area (TPSA) is 55.6 Å². The van der Waals surface area contributed by atoms with E-state index in [1.165, 1.54) is 0 Å². The van der Waals surface area contributed by atoms with Crippen molar-refractivity contribution in [2.75, 3.05) is 20.8 Å². The normalized spacial score (nSPS) is 18.4. The lowest BCUT2D eigenvalue weighted by atomic mass is 10.2. The highest BCUT2D eigenvalue weighted by Gasteiger charge is 2.31. The van der Waals surface area contributed by atoms with Crippen LogP contribution < -0.4 is 5.73 Å². The van der Waals surface area contributed by atoms with Crippen molar-refractivity contribution in [3.63, 3.8) is 0 Å². The number of carbonyl (C=O) groups excluding carboxylic acids is 1. The van der Waals surface area contributed by atoms with Crippen LogP contribution in [0.4, 0.5) is 0 Å². The van der Waals surface area contributed by atoms with E-state index in [1.54, 1.807) is 12.0 Å². The smallest absolute Gasteiger partial charge is 0.239 e. The molecular formula is C9H18N2O2. The summed E-state index contributed by atoms with van der Waals surface area (Å²) in [7, 11) is 3.44. The lowest BCUT2D eigenvalue weighted by Gasteiger charge is -2.20. The number of nitrogens with two attached hydrogens (primary N) is 1. The van der Waals surface area contributed by atoms with Crippen LogP contribution in [0.2, 0.25) is 0 Å². The van der Waals surface area contributed by atoms with Crippen molar-refractivity contribution in [3.8, 4) is 0 Å². The van der Waals surface area contributed by atoms with Gasteiger partial charge in [-0.15, -0.1) is 0 Å². The number of hydrogen-bond acceptors (Lipinski definition) is 3. The zero-order valence-electron chi connectivity index (χ0n) is 8.32. The van der Waals surface area contributed by atoms with E-state index in [2.05, 4.69) is 0 Å². The number of rotatable bonds is 5. The number of amides is 1. The molecule has 76 valence electrons. The molecule has 0 aromatic carbocycles. The summed E-state index contributed by atoms with van der Waals surface area (Å²) < 4.78 is 4.87. The molecule has 1 fully saturated rings. The zero-order chi connectivity index (χ0) is 9.84. The van der Waals surface area contributed by atoms with Crippen molar-refractivity contribution in [3.05, 3.63) is 0 Å². The van der Waals surface area contributed by atoms with Crippen LogP contribution in [0.15, 0.2) is 0 Å². The number of carbonyl (C=O) groups is 1. The molecule has 0 bridgehead atoms. The molecule has 0 saturated heterocycles. The molecule has 1 amide bonds. The third-order valence-corrected chi connectivity index (χ3v) is 2.39. The molecule has 0 aromatic rings. The van der Waals surface area contributed by atoms with E-state index in [0.29, 0.717) is 19.1 Å². The molecule has 0 aromatic heterocycles. The lowest BCUT2D eigenvalue weighted by Crippen LogP contribution is -2.43. The third-order valence-electron chi connectivity index (χ3n) is 2.39. The predicted molar refractivity (Wildman–Crippen MR) is 50.3 cm³/mol. The number of methoxy groups -OCH3 is 1. The molecule has 1 saturated carbocycles. The fraction of sp³-hybridized carbons (Fsp3) is 0.889. The van der Waals surface area contributed by atoms with Gasteiger partial charge in [0.2, 0.25) is 5.91 Å². The van der Waals surface area contributed by atoms with Crippen molar-refractivity contribution in [1.82, 2.24) is 4.90 Å². The monoisotopic (exact) mass is 186 g/mol. The summed E-state index contributed by atoms with van der Waals surface area (Å²) in [6.07, 6.45) is 2.85. The first-order valence-electron chi connectivity index (χ1n) is 4.68. The first kappa shape index (κ1) is 10.5. The minimum atomic E-state index is -0.398. The van der Waals surface area contributed by atoms with Crippen LogP contribution in [0.1, 0.15) is 19.3 Å². The van der Waals surface area contributed by atoms with E-state index in [9.17, 15) is 4.79 Å². The van der Waals surface area contributed by atoms with Gasteiger partial charge in [0.25, 0.3) is 0 Å². The Morgan fingerprint density at radius 1 is 1.69 bits per heavy atom. The Morgan fingerprint density at radius 2 is 2.31 bits per heavy atom. The van der Waals surface area contributed by atoms with E-state index >= 15 is 0 Å². The van der Waals surface area contributed by atoms with Gasteiger partial charge >= 0.3 is 0 Å². The molecule has 0 spiro atoms. The van der Waals surface area contributed by atoms with Gasteiger partial charge in [-0.3, -0.25) is 4.79 Å². The first-order valence-corrected chi connectivity index (χ1v) is 4.68. The Bertz CT molecular complexity index is 180. The maximum absolute atomic E-state index is 11.6. The van der Waals surface area contributed by atoms with Gasteiger partial charge in [0, 0.05) is 26.8 Å². The predicted octanol–water partition coefficient (Wildman–Crippen LogP) is -0.0290. The van der Waals surface area contributed by atoms with Crippen LogP contribution in [-0.4, -0.2) is 43.7 Å². The van der Waals surface area contributed by atoms with E-state index < -0.39 is 6.04 Å². The Balaban J connectivity index is 2.27. The summed E-state index contributed by atoms with van der Waals surface area (Å²) in [4.78, 5) is 13.3. The Labute approximate surface area is 79.0 Å². The van der Waals surface area contributed by atoms with Gasteiger partial charge in [-0.25, -0.2) is 0 Å². The fourth-order valence-corrected chi connectivity index (χ4v) is 1.27. The lowest BCUT2D eigenvalue weighted by molar-refractivity contribution is -0.132. The minimum Gasteiger partial charge on any atom is -0.385 e. The molecule has 4 heteroatoms. The fourth-order valence-electron chi connectivity index (χ4n) is 1.27. The second-order valence-corrected chi connectivity index (χ2v) is 3.57. The maximum atomic E-state index is 11.6. The maximum Gasteiger partial charge on any atom is 0.239 e. The highest BCUT2D eigenvalue weighted by molar-refractivity contribution is 5.81. The van der Waals surface area contributed by atoms with Crippen LogP contribution >= 0.6 is 0 Å². The summed E-state index contributed by atoms with van der Waals surface area (Å²) in [5, 5.41) is 0. The molecule has 13 heavy (non-hydrogen) atoms. The second kappa shape index (κ2) is 4.58. The zero-order valence-corrected chi connectivity index (χ0v) is 8.32. The van der Waals surface area contributed by atoms with Crippen molar-refractivity contribution < 1.29 is 9.53 Å². The summed E-state index contributed by atoms with van der Waals surface area (Å²) in [6, 6.07) is 0.0478. The molecule has 1 rings (SSSR count). The molecule has 1 aliphatic rings. The van der Waals surface area contributed by atoms with Crippen molar-refractivity contribution in [2.45, 2.75) is 31.3 Å². The highest BCUT2D eigenvalue weighted by Crippen LogP contribution is 2.25. The molecule has 2 N–H and O–H groups in total. The van der Waals surface area contributed by atoms with Crippen molar-refractivity contribution in [2.24, 2.45) is 5.73 Å². The highest BCUT2D eigenvalue weighted by atomic mass is 16.5. The minimum absolute atomic E-state index is 0.0413. The first-order chi connectivity index (χ1) is 6.16. The molecular weight excluding hydrogens is 168 g/mol. The molecule has 4 nitrogen and oxygen atoms in total. The van der Waals surface area contributed by atoms with Gasteiger partial charge < -0.3 is 15.4 Å². The summed E-state index contributed by atoms with van der Waals surface area (Å²) in [6.45, 7) is 0.547. The van der Waals surface area contributed by atoms with Crippen LogP contribution in [0, 0.1) is 0 Å². The van der Waals surface area contributed by atoms with Crippen molar-refractivity contribution >= 4 is 5.91 Å². The Kier molecular flexibility index (Phi) is 3.69.